The van der Waals surface area contributed by atoms with Gasteiger partial charge in [0.25, 0.3) is 5.56 Å². The summed E-state index contributed by atoms with van der Waals surface area (Å²) in [5, 5.41) is 0. The van der Waals surface area contributed by atoms with Gasteiger partial charge in [-0.1, -0.05) is 13.3 Å². The fourth-order valence-corrected chi connectivity index (χ4v) is 4.68. The van der Waals surface area contributed by atoms with Crippen LogP contribution in [0.5, 0.6) is 0 Å². The number of ether oxygens (including phenoxy) is 2. The number of hydrogen-bond donors (Lipinski definition) is 3. The summed E-state index contributed by atoms with van der Waals surface area (Å²) >= 11 is 0. The molecule has 0 spiro atoms. The molecule has 4 heterocycles. The molecule has 0 radical (unpaired) electrons. The molecule has 0 aromatic carbocycles. The molecule has 12 nitrogen and oxygen atoms in total. The SMILES string of the molecule is CCC[C@]12CCO[C@@H](C1OP(=O)(O)OC)[C@H](n1cnc3c(=O)[nH]c(N)nc31)O2. The first-order valence-corrected chi connectivity index (χ1v) is 10.4. The first kappa shape index (κ1) is 19.5. The number of nitrogens with two attached hydrogens (primary N) is 1. The fourth-order valence-electron chi connectivity index (χ4n) is 4.00. The number of aromatic amines is 1. The number of anilines is 1. The van der Waals surface area contributed by atoms with Gasteiger partial charge >= 0.3 is 7.82 Å². The number of phosphoric acid groups is 1. The Morgan fingerprint density at radius 1 is 1.57 bits per heavy atom. The third-order valence-electron chi connectivity index (χ3n) is 5.16. The predicted molar refractivity (Wildman–Crippen MR) is 96.4 cm³/mol. The summed E-state index contributed by atoms with van der Waals surface area (Å²) in [7, 11) is -3.19. The van der Waals surface area contributed by atoms with E-state index in [0.29, 0.717) is 19.4 Å². The summed E-state index contributed by atoms with van der Waals surface area (Å²) in [6, 6.07) is 0. The summed E-state index contributed by atoms with van der Waals surface area (Å²) in [4.78, 5) is 32.6. The Labute approximate surface area is 159 Å². The van der Waals surface area contributed by atoms with Crippen molar-refractivity contribution in [2.75, 3.05) is 19.5 Å². The summed E-state index contributed by atoms with van der Waals surface area (Å²) in [6.07, 6.45) is 0.888. The van der Waals surface area contributed by atoms with Gasteiger partial charge in [0.1, 0.15) is 17.8 Å². The van der Waals surface area contributed by atoms with Crippen LogP contribution in [0.2, 0.25) is 0 Å². The molecule has 5 atom stereocenters. The Balaban J connectivity index is 1.79. The van der Waals surface area contributed by atoms with Gasteiger partial charge in [-0.3, -0.25) is 23.4 Å². The zero-order chi connectivity index (χ0) is 20.1. The van der Waals surface area contributed by atoms with E-state index in [2.05, 4.69) is 19.5 Å². The van der Waals surface area contributed by atoms with E-state index >= 15 is 0 Å². The number of nitrogens with zero attached hydrogens (tertiary/aromatic N) is 3. The molecule has 28 heavy (non-hydrogen) atoms. The Bertz CT molecular complexity index is 989. The van der Waals surface area contributed by atoms with Crippen molar-refractivity contribution in [2.24, 2.45) is 0 Å². The van der Waals surface area contributed by atoms with Crippen LogP contribution in [0, 0.1) is 0 Å². The largest absolute Gasteiger partial charge is 0.472 e. The molecule has 2 aliphatic heterocycles. The first-order chi connectivity index (χ1) is 13.3. The molecule has 0 aliphatic carbocycles. The third-order valence-corrected chi connectivity index (χ3v) is 6.12. The van der Waals surface area contributed by atoms with Crippen LogP contribution in [0.15, 0.2) is 11.1 Å². The highest BCUT2D eigenvalue weighted by atomic mass is 31.2. The number of phosphoric ester groups is 1. The van der Waals surface area contributed by atoms with Crippen LogP contribution in [-0.4, -0.2) is 55.9 Å². The quantitative estimate of drug-likeness (QED) is 0.572. The van der Waals surface area contributed by atoms with Crippen LogP contribution in [0.25, 0.3) is 11.2 Å². The van der Waals surface area contributed by atoms with Crippen molar-refractivity contribution < 1.29 is 28.0 Å². The number of nitrogens with one attached hydrogen (secondary N) is 1. The van der Waals surface area contributed by atoms with Gasteiger partial charge in [-0.2, -0.15) is 4.98 Å². The Hall–Kier alpha value is -1.82. The van der Waals surface area contributed by atoms with Crippen molar-refractivity contribution in [2.45, 2.75) is 50.2 Å². The zero-order valence-corrected chi connectivity index (χ0v) is 16.3. The standard InChI is InChI=1S/C15H22N5O7P/c1-3-4-15-5-6-25-9(10(15)27-28(22,23)24-2)13(26-15)20-7-17-8-11(20)18-14(16)19-12(8)21/h7,9-10,13H,3-6H2,1-2H3,(H,22,23)(H3,16,18,19,21)/t9-,10?,13+,15-/m0/s1. The van der Waals surface area contributed by atoms with Crippen molar-refractivity contribution in [3.8, 4) is 0 Å². The smallest absolute Gasteiger partial charge is 0.371 e. The molecular weight excluding hydrogens is 393 g/mol. The summed E-state index contributed by atoms with van der Waals surface area (Å²) < 4.78 is 35.9. The maximum Gasteiger partial charge on any atom is 0.472 e. The minimum atomic E-state index is -4.29. The van der Waals surface area contributed by atoms with Crippen molar-refractivity contribution in [1.82, 2.24) is 19.5 Å². The average Bonchev–Trinajstić information content (AvgIpc) is 3.10. The Morgan fingerprint density at radius 3 is 3.07 bits per heavy atom. The van der Waals surface area contributed by atoms with Gasteiger partial charge in [-0.05, 0) is 6.42 Å². The van der Waals surface area contributed by atoms with E-state index in [4.69, 9.17) is 19.7 Å². The van der Waals surface area contributed by atoms with E-state index < -0.39 is 37.4 Å². The zero-order valence-electron chi connectivity index (χ0n) is 15.4. The van der Waals surface area contributed by atoms with Gasteiger partial charge in [0.2, 0.25) is 5.95 Å². The molecule has 2 unspecified atom stereocenters. The van der Waals surface area contributed by atoms with E-state index in [1.165, 1.54) is 6.33 Å². The van der Waals surface area contributed by atoms with Crippen LogP contribution in [0.1, 0.15) is 32.4 Å². The number of fused-ring (bicyclic) bond motifs is 3. The maximum absolute atomic E-state index is 12.1. The van der Waals surface area contributed by atoms with E-state index in [-0.39, 0.29) is 17.1 Å². The lowest BCUT2D eigenvalue weighted by Crippen LogP contribution is -2.50. The van der Waals surface area contributed by atoms with Crippen molar-refractivity contribution in [1.29, 1.82) is 0 Å². The van der Waals surface area contributed by atoms with Crippen LogP contribution >= 0.6 is 7.82 Å². The number of aromatic nitrogens is 4. The number of H-pyrrole nitrogens is 1. The van der Waals surface area contributed by atoms with E-state index in [1.54, 1.807) is 4.57 Å². The second-order valence-corrected chi connectivity index (χ2v) is 8.37. The molecule has 4 rings (SSSR count). The second-order valence-electron chi connectivity index (χ2n) is 6.86. The van der Waals surface area contributed by atoms with Crippen molar-refractivity contribution in [3.63, 3.8) is 0 Å². The highest BCUT2D eigenvalue weighted by molar-refractivity contribution is 7.47. The van der Waals surface area contributed by atoms with Crippen molar-refractivity contribution >= 4 is 24.9 Å². The number of hydrogen-bond acceptors (Lipinski definition) is 9. The summed E-state index contributed by atoms with van der Waals surface area (Å²) in [5.41, 5.74) is 4.68. The predicted octanol–water partition coefficient (Wildman–Crippen LogP) is 0.690. The molecule has 13 heteroatoms. The number of nitrogen functional groups attached to an aromatic ring is 1. The highest BCUT2D eigenvalue weighted by Gasteiger charge is 2.61. The molecule has 154 valence electrons. The van der Waals surface area contributed by atoms with Crippen LogP contribution in [0.3, 0.4) is 0 Å². The number of rotatable bonds is 6. The van der Waals surface area contributed by atoms with Gasteiger partial charge in [0.05, 0.1) is 12.9 Å². The maximum atomic E-state index is 12.1. The Morgan fingerprint density at radius 2 is 2.36 bits per heavy atom. The molecule has 2 fully saturated rings. The van der Waals surface area contributed by atoms with Gasteiger partial charge < -0.3 is 20.1 Å². The molecule has 2 aromatic rings. The lowest BCUT2D eigenvalue weighted by atomic mass is 9.86. The lowest BCUT2D eigenvalue weighted by molar-refractivity contribution is -0.122. The van der Waals surface area contributed by atoms with E-state index in [9.17, 15) is 14.3 Å². The Kier molecular flexibility index (Phi) is 4.81. The highest BCUT2D eigenvalue weighted by Crippen LogP contribution is 2.55. The fraction of sp³-hybridized carbons (Fsp3) is 0.667. The topological polar surface area (TPSA) is 164 Å². The number of imidazole rings is 1. The molecular formula is C15H22N5O7P. The minimum absolute atomic E-state index is 0.0588. The monoisotopic (exact) mass is 415 g/mol. The normalized spacial score (nSPS) is 31.9. The van der Waals surface area contributed by atoms with Crippen LogP contribution in [-0.2, 0) is 23.1 Å². The molecule has 2 aromatic heterocycles. The molecule has 0 amide bonds. The lowest BCUT2D eigenvalue weighted by Gasteiger charge is -2.38. The van der Waals surface area contributed by atoms with Crippen molar-refractivity contribution in [3.05, 3.63) is 16.7 Å². The molecule has 2 bridgehead atoms. The summed E-state index contributed by atoms with van der Waals surface area (Å²) in [6.45, 7) is 2.38. The van der Waals surface area contributed by atoms with E-state index in [0.717, 1.165) is 13.5 Å². The third kappa shape index (κ3) is 3.06. The van der Waals surface area contributed by atoms with Gasteiger partial charge in [0, 0.05) is 13.5 Å². The molecule has 4 N–H and O–H groups in total. The first-order valence-electron chi connectivity index (χ1n) is 8.89. The summed E-state index contributed by atoms with van der Waals surface area (Å²) in [5.74, 6) is -0.0588. The molecule has 2 saturated heterocycles. The minimum Gasteiger partial charge on any atom is -0.371 e. The van der Waals surface area contributed by atoms with Gasteiger partial charge in [-0.15, -0.1) is 0 Å². The molecule has 0 saturated carbocycles. The van der Waals surface area contributed by atoms with E-state index in [1.807, 2.05) is 6.92 Å². The van der Waals surface area contributed by atoms with Gasteiger partial charge in [-0.25, -0.2) is 9.55 Å². The average molecular weight is 415 g/mol. The van der Waals surface area contributed by atoms with Crippen LogP contribution in [0.4, 0.5) is 5.95 Å². The van der Waals surface area contributed by atoms with Gasteiger partial charge in [0.15, 0.2) is 17.4 Å². The second kappa shape index (κ2) is 6.90. The van der Waals surface area contributed by atoms with Crippen LogP contribution < -0.4 is 11.3 Å². The molecule has 2 aliphatic rings.